The van der Waals surface area contributed by atoms with Gasteiger partial charge in [-0.25, -0.2) is 9.78 Å². The van der Waals surface area contributed by atoms with Crippen molar-refractivity contribution in [2.24, 2.45) is 0 Å². The van der Waals surface area contributed by atoms with Gasteiger partial charge in [-0.05, 0) is 66.8 Å². The first-order valence-electron chi connectivity index (χ1n) is 16.3. The summed E-state index contributed by atoms with van der Waals surface area (Å²) in [6.07, 6.45) is 5.82. The molecule has 1 amide bonds. The Labute approximate surface area is 292 Å². The van der Waals surface area contributed by atoms with Crippen molar-refractivity contribution in [3.8, 4) is 22.8 Å². The molecular weight excluding hydrogens is 655 g/mol. The van der Waals surface area contributed by atoms with Gasteiger partial charge in [0.05, 0.1) is 25.5 Å². The molecule has 256 valence electrons. The van der Waals surface area contributed by atoms with Crippen LogP contribution in [0.1, 0.15) is 66.6 Å². The van der Waals surface area contributed by atoms with Gasteiger partial charge in [0.1, 0.15) is 30.4 Å². The Hall–Kier alpha value is -3.99. The van der Waals surface area contributed by atoms with Gasteiger partial charge in [-0.3, -0.25) is 4.79 Å². The first-order chi connectivity index (χ1) is 22.4. The first kappa shape index (κ1) is 35.3. The van der Waals surface area contributed by atoms with Crippen molar-refractivity contribution in [2.75, 3.05) is 49.8 Å². The fraction of sp³-hybridized carbons (Fsp3) is 0.417. The van der Waals surface area contributed by atoms with Crippen molar-refractivity contribution < 1.29 is 28.9 Å². The Morgan fingerprint density at radius 3 is 2.48 bits per heavy atom. The molecule has 0 radical (unpaired) electrons. The Morgan fingerprint density at radius 1 is 0.979 bits per heavy atom. The number of halogens is 2. The lowest BCUT2D eigenvalue weighted by Gasteiger charge is -2.31. The van der Waals surface area contributed by atoms with Crippen molar-refractivity contribution in [1.82, 2.24) is 9.55 Å². The molecule has 1 aliphatic carbocycles. The van der Waals surface area contributed by atoms with Crippen LogP contribution in [0.25, 0.3) is 22.3 Å². The van der Waals surface area contributed by atoms with Gasteiger partial charge in [0, 0.05) is 61.0 Å². The number of morpholine rings is 1. The summed E-state index contributed by atoms with van der Waals surface area (Å²) in [5, 5.41) is 10.7. The van der Waals surface area contributed by atoms with Crippen molar-refractivity contribution >= 4 is 59.1 Å². The number of carboxylic acid groups (broad SMARTS) is 1. The van der Waals surface area contributed by atoms with Crippen molar-refractivity contribution in [3.63, 3.8) is 0 Å². The predicted octanol–water partition coefficient (Wildman–Crippen LogP) is 7.08. The zero-order valence-corrected chi connectivity index (χ0v) is 28.9. The highest BCUT2D eigenvalue weighted by molar-refractivity contribution is 5.95. The van der Waals surface area contributed by atoms with Crippen LogP contribution >= 0.6 is 24.8 Å². The fourth-order valence-electron chi connectivity index (χ4n) is 7.18. The van der Waals surface area contributed by atoms with Gasteiger partial charge in [-0.1, -0.05) is 19.3 Å². The largest absolute Gasteiger partial charge is 0.491 e. The average Bonchev–Trinajstić information content (AvgIpc) is 3.28. The third-order valence-electron chi connectivity index (χ3n) is 9.63. The maximum absolute atomic E-state index is 12.1. The second kappa shape index (κ2) is 15.1. The molecule has 1 saturated heterocycles. The van der Waals surface area contributed by atoms with Crippen LogP contribution in [0.4, 0.5) is 11.4 Å². The fourth-order valence-corrected chi connectivity index (χ4v) is 7.18. The molecule has 2 aliphatic heterocycles. The minimum Gasteiger partial charge on any atom is -0.491 e. The van der Waals surface area contributed by atoms with Crippen molar-refractivity contribution in [3.05, 3.63) is 65.4 Å². The molecule has 0 spiro atoms. The van der Waals surface area contributed by atoms with E-state index >= 15 is 0 Å². The summed E-state index contributed by atoms with van der Waals surface area (Å²) < 4.78 is 20.5. The van der Waals surface area contributed by atoms with E-state index in [1.165, 1.54) is 24.8 Å². The van der Waals surface area contributed by atoms with Crippen molar-refractivity contribution in [1.29, 1.82) is 0 Å². The lowest BCUT2D eigenvalue weighted by Crippen LogP contribution is -2.37. The average molecular weight is 698 g/mol. The van der Waals surface area contributed by atoms with Crippen LogP contribution in [-0.4, -0.2) is 66.5 Å². The van der Waals surface area contributed by atoms with Crippen LogP contribution in [0.15, 0.2) is 48.5 Å². The zero-order chi connectivity index (χ0) is 31.8. The van der Waals surface area contributed by atoms with Gasteiger partial charge < -0.3 is 33.7 Å². The van der Waals surface area contributed by atoms with Crippen LogP contribution in [-0.2, 0) is 22.7 Å². The molecule has 2 aromatic carbocycles. The number of pyridine rings is 1. The van der Waals surface area contributed by atoms with Gasteiger partial charge in [-0.15, -0.1) is 24.8 Å². The van der Waals surface area contributed by atoms with E-state index in [0.717, 1.165) is 65.3 Å². The summed E-state index contributed by atoms with van der Waals surface area (Å²) >= 11 is 0. The smallest absolute Gasteiger partial charge is 0.354 e. The highest BCUT2D eigenvalue weighted by atomic mass is 35.5. The van der Waals surface area contributed by atoms with Crippen molar-refractivity contribution in [2.45, 2.75) is 58.1 Å². The van der Waals surface area contributed by atoms with E-state index in [1.54, 1.807) is 24.9 Å². The number of nitrogens with zero attached hydrogens (tertiary/aromatic N) is 4. The van der Waals surface area contributed by atoms with Crippen LogP contribution < -0.4 is 19.3 Å². The summed E-state index contributed by atoms with van der Waals surface area (Å²) in [4.78, 5) is 32.5. The molecule has 3 aliphatic rings. The zero-order valence-electron chi connectivity index (χ0n) is 27.3. The third-order valence-corrected chi connectivity index (χ3v) is 9.63. The van der Waals surface area contributed by atoms with E-state index in [1.807, 2.05) is 30.3 Å². The van der Waals surface area contributed by atoms with E-state index < -0.39 is 5.97 Å². The normalized spacial score (nSPS) is 16.0. The van der Waals surface area contributed by atoms with E-state index in [-0.39, 0.29) is 36.4 Å². The van der Waals surface area contributed by atoms with E-state index in [0.29, 0.717) is 50.3 Å². The van der Waals surface area contributed by atoms with Gasteiger partial charge >= 0.3 is 5.97 Å². The Bertz CT molecular complexity index is 1800. The number of rotatable bonds is 7. The number of carbonyl (C=O) groups is 2. The number of fused-ring (bicyclic) bond motifs is 5. The number of carboxylic acids is 1. The molecule has 48 heavy (non-hydrogen) atoms. The van der Waals surface area contributed by atoms with E-state index in [9.17, 15) is 14.7 Å². The molecule has 1 N–H and O–H groups in total. The topological polar surface area (TPSA) is 106 Å². The molecule has 4 heterocycles. The lowest BCUT2D eigenvalue weighted by atomic mass is 9.82. The molecule has 0 unspecified atom stereocenters. The van der Waals surface area contributed by atoms with Gasteiger partial charge in [0.2, 0.25) is 5.91 Å². The highest BCUT2D eigenvalue weighted by Gasteiger charge is 2.30. The minimum absolute atomic E-state index is 0. The molecule has 2 fully saturated rings. The molecule has 10 nitrogen and oxygen atoms in total. The molecule has 12 heteroatoms. The molecule has 7 rings (SSSR count). The summed E-state index contributed by atoms with van der Waals surface area (Å²) in [6.45, 7) is 5.80. The van der Waals surface area contributed by atoms with E-state index in [4.69, 9.17) is 14.2 Å². The Kier molecular flexibility index (Phi) is 11.1. The van der Waals surface area contributed by atoms with Gasteiger partial charge in [0.15, 0.2) is 5.69 Å². The van der Waals surface area contributed by atoms with Gasteiger partial charge in [0.25, 0.3) is 0 Å². The molecule has 4 aromatic rings. The Morgan fingerprint density at radius 2 is 1.75 bits per heavy atom. The Balaban J connectivity index is 0.00000225. The molecule has 0 atom stereocenters. The number of anilines is 2. The standard InChI is InChI=1S/C36H40N4O6.2ClH/c1-23(41)38(2)26-8-13-31(39-14-17-44-18-15-39)25(20-26)22-46-27-9-10-28-32(21-27)45-19-16-40-34(28)33(24-6-4-3-5-7-24)29-11-12-30(36(42)43)37-35(29)40;;/h8-13,20-21,24H,3-7,14-19,22H2,1-2H3,(H,42,43);2*1H. The van der Waals surface area contributed by atoms with E-state index in [2.05, 4.69) is 26.6 Å². The predicted molar refractivity (Wildman–Crippen MR) is 191 cm³/mol. The number of aromatic carboxylic acids is 1. The molecule has 0 bridgehead atoms. The number of hydrogen-bond donors (Lipinski definition) is 1. The first-order valence-corrected chi connectivity index (χ1v) is 16.3. The number of ether oxygens (including phenoxy) is 3. The number of benzene rings is 2. The second-order valence-electron chi connectivity index (χ2n) is 12.4. The van der Waals surface area contributed by atoms with Crippen LogP contribution in [0.3, 0.4) is 0 Å². The number of amides is 1. The van der Waals surface area contributed by atoms with Crippen LogP contribution in [0.2, 0.25) is 0 Å². The lowest BCUT2D eigenvalue weighted by molar-refractivity contribution is -0.116. The number of hydrogen-bond acceptors (Lipinski definition) is 7. The second-order valence-corrected chi connectivity index (χ2v) is 12.4. The maximum atomic E-state index is 12.1. The quantitative estimate of drug-likeness (QED) is 0.219. The number of aromatic nitrogens is 2. The van der Waals surface area contributed by atoms with Crippen LogP contribution in [0, 0.1) is 0 Å². The molecule has 2 aromatic heterocycles. The van der Waals surface area contributed by atoms with Gasteiger partial charge in [-0.2, -0.15) is 0 Å². The third kappa shape index (κ3) is 6.79. The molecular formula is C36H42Cl2N4O6. The molecule has 1 saturated carbocycles. The highest BCUT2D eigenvalue weighted by Crippen LogP contribution is 2.47. The number of carbonyl (C=O) groups excluding carboxylic acids is 1. The summed E-state index contributed by atoms with van der Waals surface area (Å²) in [6, 6.07) is 15.6. The summed E-state index contributed by atoms with van der Waals surface area (Å²) in [7, 11) is 1.78. The maximum Gasteiger partial charge on any atom is 0.354 e. The SMILES string of the molecule is CC(=O)N(C)c1ccc(N2CCOCC2)c(COc2ccc3c(c2)OCCn2c-3c(C3CCCCC3)c3ccc(C(=O)O)nc32)c1.Cl.Cl. The minimum atomic E-state index is -1.03. The summed E-state index contributed by atoms with van der Waals surface area (Å²) in [5.74, 6) is 0.748. The van der Waals surface area contributed by atoms with Crippen LogP contribution in [0.5, 0.6) is 11.5 Å². The summed E-state index contributed by atoms with van der Waals surface area (Å²) in [5.41, 5.74) is 6.93. The monoisotopic (exact) mass is 696 g/mol.